The molecule has 1 aromatic carbocycles. The van der Waals surface area contributed by atoms with Crippen molar-refractivity contribution < 1.29 is 18.0 Å². The molecule has 2 aliphatic rings. The summed E-state index contributed by atoms with van der Waals surface area (Å²) in [5, 5.41) is 0. The van der Waals surface area contributed by atoms with Gasteiger partial charge in [0.15, 0.2) is 9.84 Å². The lowest BCUT2D eigenvalue weighted by Gasteiger charge is -2.23. The third-order valence-electron chi connectivity index (χ3n) is 5.43. The third-order valence-corrected chi connectivity index (χ3v) is 7.19. The topological polar surface area (TPSA) is 87.7 Å². The van der Waals surface area contributed by atoms with Gasteiger partial charge in [0.2, 0.25) is 0 Å². The molecule has 28 heavy (non-hydrogen) atoms. The van der Waals surface area contributed by atoms with Crippen LogP contribution in [0.2, 0.25) is 0 Å². The fraction of sp³-hybridized carbons (Fsp3) is 0.350. The van der Waals surface area contributed by atoms with E-state index in [0.717, 1.165) is 17.7 Å². The van der Waals surface area contributed by atoms with E-state index >= 15 is 0 Å². The number of aromatic nitrogens is 1. The highest BCUT2D eigenvalue weighted by atomic mass is 32.2. The summed E-state index contributed by atoms with van der Waals surface area (Å²) in [5.41, 5.74) is 2.56. The molecular formula is C20H21N3O4S. The Kier molecular flexibility index (Phi) is 4.66. The minimum Gasteiger partial charge on any atom is -0.336 e. The molecule has 2 aliphatic heterocycles. The highest BCUT2D eigenvalue weighted by molar-refractivity contribution is 7.91. The van der Waals surface area contributed by atoms with Crippen LogP contribution in [0.5, 0.6) is 0 Å². The molecule has 3 heterocycles. The zero-order chi connectivity index (χ0) is 19.9. The first-order valence-corrected chi connectivity index (χ1v) is 11.0. The van der Waals surface area contributed by atoms with Crippen molar-refractivity contribution >= 4 is 27.3 Å². The Morgan fingerprint density at radius 1 is 1.21 bits per heavy atom. The van der Waals surface area contributed by atoms with Gasteiger partial charge >= 0.3 is 0 Å². The fourth-order valence-electron chi connectivity index (χ4n) is 3.81. The van der Waals surface area contributed by atoms with Crippen LogP contribution in [0.1, 0.15) is 32.8 Å². The van der Waals surface area contributed by atoms with Gasteiger partial charge in [-0.3, -0.25) is 14.6 Å². The number of rotatable bonds is 3. The number of sulfone groups is 1. The van der Waals surface area contributed by atoms with E-state index < -0.39 is 9.84 Å². The molecule has 146 valence electrons. The number of hydrogen-bond acceptors (Lipinski definition) is 5. The molecule has 0 spiro atoms. The van der Waals surface area contributed by atoms with Crippen molar-refractivity contribution in [3.8, 4) is 0 Å². The van der Waals surface area contributed by atoms with Crippen LogP contribution in [-0.2, 0) is 16.3 Å². The monoisotopic (exact) mass is 399 g/mol. The number of benzene rings is 1. The van der Waals surface area contributed by atoms with Crippen LogP contribution in [0.3, 0.4) is 0 Å². The number of para-hydroxylation sites is 1. The minimum absolute atomic E-state index is 0.0293. The second-order valence-electron chi connectivity index (χ2n) is 7.24. The summed E-state index contributed by atoms with van der Waals surface area (Å²) in [4.78, 5) is 33.0. The van der Waals surface area contributed by atoms with E-state index in [1.54, 1.807) is 18.0 Å². The molecule has 1 fully saturated rings. The molecule has 1 atom stereocenters. The second kappa shape index (κ2) is 7.01. The van der Waals surface area contributed by atoms with Gasteiger partial charge in [-0.15, -0.1) is 0 Å². The quantitative estimate of drug-likeness (QED) is 0.781. The Balaban J connectivity index is 1.55. The van der Waals surface area contributed by atoms with Crippen LogP contribution in [0.4, 0.5) is 5.69 Å². The van der Waals surface area contributed by atoms with E-state index in [2.05, 4.69) is 4.98 Å². The number of pyridine rings is 1. The molecular weight excluding hydrogens is 378 g/mol. The molecule has 2 amide bonds. The van der Waals surface area contributed by atoms with Crippen LogP contribution in [0.15, 0.2) is 42.6 Å². The first-order valence-electron chi connectivity index (χ1n) is 9.19. The lowest BCUT2D eigenvalue weighted by Crippen LogP contribution is -2.38. The van der Waals surface area contributed by atoms with Crippen molar-refractivity contribution in [1.29, 1.82) is 0 Å². The molecule has 1 unspecified atom stereocenters. The molecule has 7 nitrogen and oxygen atoms in total. The predicted molar refractivity (Wildman–Crippen MR) is 105 cm³/mol. The largest absolute Gasteiger partial charge is 0.336 e. The Bertz CT molecular complexity index is 1050. The van der Waals surface area contributed by atoms with Gasteiger partial charge in [0.1, 0.15) is 5.69 Å². The molecule has 0 N–H and O–H groups in total. The van der Waals surface area contributed by atoms with E-state index in [4.69, 9.17) is 0 Å². The average Bonchev–Trinajstić information content (AvgIpc) is 3.29. The molecule has 0 aliphatic carbocycles. The van der Waals surface area contributed by atoms with E-state index in [-0.39, 0.29) is 35.1 Å². The lowest BCUT2D eigenvalue weighted by molar-refractivity contribution is 0.0741. The zero-order valence-corrected chi connectivity index (χ0v) is 16.4. The molecule has 8 heteroatoms. The van der Waals surface area contributed by atoms with Gasteiger partial charge in [-0.1, -0.05) is 18.2 Å². The van der Waals surface area contributed by atoms with Crippen LogP contribution < -0.4 is 4.90 Å². The molecule has 0 saturated carbocycles. The van der Waals surface area contributed by atoms with Crippen LogP contribution in [0, 0.1) is 0 Å². The number of hydrogen-bond donors (Lipinski definition) is 0. The Hall–Kier alpha value is -2.74. The number of nitrogens with zero attached hydrogens (tertiary/aromatic N) is 3. The number of fused-ring (bicyclic) bond motifs is 1. The van der Waals surface area contributed by atoms with Crippen molar-refractivity contribution in [3.05, 3.63) is 59.4 Å². The molecule has 2 aromatic rings. The normalized spacial score (nSPS) is 20.0. The van der Waals surface area contributed by atoms with Crippen LogP contribution >= 0.6 is 0 Å². The van der Waals surface area contributed by atoms with E-state index in [0.29, 0.717) is 18.5 Å². The minimum atomic E-state index is -3.09. The summed E-state index contributed by atoms with van der Waals surface area (Å²) in [6.07, 6.45) is 2.67. The molecule has 1 aromatic heterocycles. The lowest BCUT2D eigenvalue weighted by atomic mass is 10.1. The predicted octanol–water partition coefficient (Wildman–Crippen LogP) is 1.54. The van der Waals surface area contributed by atoms with Crippen LogP contribution in [-0.4, -0.2) is 61.3 Å². The highest BCUT2D eigenvalue weighted by Crippen LogP contribution is 2.29. The van der Waals surface area contributed by atoms with Crippen molar-refractivity contribution in [2.24, 2.45) is 0 Å². The Labute approximate surface area is 163 Å². The number of carbonyl (C=O) groups is 2. The first kappa shape index (κ1) is 18.6. The van der Waals surface area contributed by atoms with E-state index in [1.165, 1.54) is 17.2 Å². The van der Waals surface area contributed by atoms with Crippen LogP contribution in [0.25, 0.3) is 0 Å². The van der Waals surface area contributed by atoms with Crippen molar-refractivity contribution in [2.75, 3.05) is 30.0 Å². The summed E-state index contributed by atoms with van der Waals surface area (Å²) < 4.78 is 23.4. The van der Waals surface area contributed by atoms with Crippen molar-refractivity contribution in [1.82, 2.24) is 9.88 Å². The van der Waals surface area contributed by atoms with Gasteiger partial charge in [0, 0.05) is 37.1 Å². The highest BCUT2D eigenvalue weighted by Gasteiger charge is 2.34. The maximum Gasteiger partial charge on any atom is 0.272 e. The maximum atomic E-state index is 13.0. The maximum absolute atomic E-state index is 13.0. The van der Waals surface area contributed by atoms with E-state index in [1.807, 2.05) is 24.3 Å². The van der Waals surface area contributed by atoms with Gasteiger partial charge in [0.05, 0.1) is 11.5 Å². The van der Waals surface area contributed by atoms with Gasteiger partial charge in [-0.05, 0) is 36.6 Å². The number of carbonyl (C=O) groups excluding carboxylic acids is 2. The smallest absolute Gasteiger partial charge is 0.272 e. The van der Waals surface area contributed by atoms with Gasteiger partial charge in [0.25, 0.3) is 11.8 Å². The molecule has 0 bridgehead atoms. The summed E-state index contributed by atoms with van der Waals surface area (Å²) in [6.45, 7) is 0.601. The summed E-state index contributed by atoms with van der Waals surface area (Å²) in [6, 6.07) is 10.5. The van der Waals surface area contributed by atoms with Gasteiger partial charge in [-0.25, -0.2) is 8.42 Å². The van der Waals surface area contributed by atoms with Gasteiger partial charge < -0.3 is 9.80 Å². The van der Waals surface area contributed by atoms with E-state index in [9.17, 15) is 18.0 Å². The standard InChI is InChI=1S/C20H21N3O4S/c1-22(16-8-11-28(26,27)13-16)20(25)17-12-15(6-9-21-17)19(24)23-10-7-14-4-2-3-5-18(14)23/h2-6,9,12,16H,7-8,10-11,13H2,1H3. The zero-order valence-electron chi connectivity index (χ0n) is 15.5. The number of amides is 2. The molecule has 4 rings (SSSR count). The van der Waals surface area contributed by atoms with Gasteiger partial charge in [-0.2, -0.15) is 0 Å². The summed E-state index contributed by atoms with van der Waals surface area (Å²) >= 11 is 0. The number of anilines is 1. The molecule has 1 saturated heterocycles. The summed E-state index contributed by atoms with van der Waals surface area (Å²) in [5.74, 6) is -0.486. The SMILES string of the molecule is CN(C(=O)c1cc(C(=O)N2CCc3ccccc32)ccn1)C1CCS(=O)(=O)C1. The average molecular weight is 399 g/mol. The third kappa shape index (κ3) is 3.40. The van der Waals surface area contributed by atoms with Crippen molar-refractivity contribution in [3.63, 3.8) is 0 Å². The first-order chi connectivity index (χ1) is 13.4. The summed E-state index contributed by atoms with van der Waals surface area (Å²) in [7, 11) is -1.51. The Morgan fingerprint density at radius 2 is 2.00 bits per heavy atom. The fourth-order valence-corrected chi connectivity index (χ4v) is 5.59. The molecule has 0 radical (unpaired) electrons. The van der Waals surface area contributed by atoms with Crippen molar-refractivity contribution in [2.45, 2.75) is 18.9 Å². The second-order valence-corrected chi connectivity index (χ2v) is 9.47. The Morgan fingerprint density at radius 3 is 2.75 bits per heavy atom.